The summed E-state index contributed by atoms with van der Waals surface area (Å²) in [7, 11) is 3.67. The van der Waals surface area contributed by atoms with Gasteiger partial charge in [-0.25, -0.2) is 4.99 Å². The van der Waals surface area contributed by atoms with Crippen molar-refractivity contribution in [3.8, 4) is 5.75 Å². The molecule has 1 aromatic carbocycles. The molecule has 6 nitrogen and oxygen atoms in total. The SMILES string of the molecule is CCNC(=NCc1ccccc1OC)N1CCC(c2cnn(C)c2)C1. The third-order valence-electron chi connectivity index (χ3n) is 4.61. The standard InChI is InChI=1S/C19H27N5O/c1-4-20-19(21-11-15-7-5-6-8-18(15)25-3)24-10-9-16(14-24)17-12-22-23(2)13-17/h5-8,12-13,16H,4,9-11,14H2,1-3H3,(H,20,21). The molecule has 0 radical (unpaired) electrons. The lowest BCUT2D eigenvalue weighted by Crippen LogP contribution is -2.40. The van der Waals surface area contributed by atoms with Crippen LogP contribution in [0.5, 0.6) is 5.75 Å². The fraction of sp³-hybridized carbons (Fsp3) is 0.474. The molecule has 1 fully saturated rings. The number of aliphatic imine (C=N–C) groups is 1. The number of likely N-dealkylation sites (tertiary alicyclic amines) is 1. The zero-order valence-electron chi connectivity index (χ0n) is 15.3. The molecule has 25 heavy (non-hydrogen) atoms. The number of rotatable bonds is 5. The van der Waals surface area contributed by atoms with Gasteiger partial charge in [0, 0.05) is 44.4 Å². The summed E-state index contributed by atoms with van der Waals surface area (Å²) in [6.07, 6.45) is 5.23. The van der Waals surface area contributed by atoms with Crippen molar-refractivity contribution in [2.45, 2.75) is 25.8 Å². The van der Waals surface area contributed by atoms with Gasteiger partial charge in [0.05, 0.1) is 19.9 Å². The first-order valence-electron chi connectivity index (χ1n) is 8.85. The van der Waals surface area contributed by atoms with E-state index < -0.39 is 0 Å². The van der Waals surface area contributed by atoms with Crippen LogP contribution in [0.2, 0.25) is 0 Å². The van der Waals surface area contributed by atoms with Crippen LogP contribution in [0, 0.1) is 0 Å². The fourth-order valence-electron chi connectivity index (χ4n) is 3.30. The normalized spacial score (nSPS) is 17.8. The Balaban J connectivity index is 1.70. The van der Waals surface area contributed by atoms with Crippen LogP contribution in [0.25, 0.3) is 0 Å². The topological polar surface area (TPSA) is 54.7 Å². The molecule has 1 unspecified atom stereocenters. The summed E-state index contributed by atoms with van der Waals surface area (Å²) in [6, 6.07) is 8.05. The van der Waals surface area contributed by atoms with Crippen molar-refractivity contribution in [3.05, 3.63) is 47.8 Å². The molecule has 6 heteroatoms. The van der Waals surface area contributed by atoms with E-state index in [2.05, 4.69) is 34.5 Å². The zero-order chi connectivity index (χ0) is 17.6. The lowest BCUT2D eigenvalue weighted by atomic mass is 10.0. The van der Waals surface area contributed by atoms with E-state index in [-0.39, 0.29) is 0 Å². The monoisotopic (exact) mass is 341 g/mol. The zero-order valence-corrected chi connectivity index (χ0v) is 15.3. The summed E-state index contributed by atoms with van der Waals surface area (Å²) >= 11 is 0. The van der Waals surface area contributed by atoms with Gasteiger partial charge in [-0.2, -0.15) is 5.10 Å². The van der Waals surface area contributed by atoms with E-state index >= 15 is 0 Å². The van der Waals surface area contributed by atoms with E-state index in [0.29, 0.717) is 12.5 Å². The molecule has 0 bridgehead atoms. The molecule has 1 saturated heterocycles. The maximum atomic E-state index is 5.43. The Morgan fingerprint density at radius 1 is 1.40 bits per heavy atom. The van der Waals surface area contributed by atoms with Crippen LogP contribution in [-0.4, -0.2) is 47.4 Å². The minimum Gasteiger partial charge on any atom is -0.496 e. The first-order chi connectivity index (χ1) is 12.2. The van der Waals surface area contributed by atoms with Gasteiger partial charge in [-0.3, -0.25) is 4.68 Å². The average Bonchev–Trinajstić information content (AvgIpc) is 3.28. The number of methoxy groups -OCH3 is 1. The van der Waals surface area contributed by atoms with Gasteiger partial charge in [0.2, 0.25) is 0 Å². The summed E-state index contributed by atoms with van der Waals surface area (Å²) in [5.41, 5.74) is 2.41. The third-order valence-corrected chi connectivity index (χ3v) is 4.61. The smallest absolute Gasteiger partial charge is 0.194 e. The molecule has 1 aliphatic heterocycles. The molecule has 1 atom stereocenters. The molecule has 0 spiro atoms. The number of aryl methyl sites for hydroxylation is 1. The highest BCUT2D eigenvalue weighted by Gasteiger charge is 2.26. The molecular formula is C19H27N5O. The summed E-state index contributed by atoms with van der Waals surface area (Å²) < 4.78 is 7.30. The van der Waals surface area contributed by atoms with Crippen molar-refractivity contribution < 1.29 is 4.74 Å². The van der Waals surface area contributed by atoms with Crippen LogP contribution < -0.4 is 10.1 Å². The van der Waals surface area contributed by atoms with Gasteiger partial charge in [-0.15, -0.1) is 0 Å². The number of guanidine groups is 1. The molecule has 1 N–H and O–H groups in total. The van der Waals surface area contributed by atoms with Crippen LogP contribution in [0.1, 0.15) is 30.4 Å². The number of para-hydroxylation sites is 1. The van der Waals surface area contributed by atoms with Gasteiger partial charge in [0.25, 0.3) is 0 Å². The van der Waals surface area contributed by atoms with Crippen LogP contribution in [0.15, 0.2) is 41.7 Å². The van der Waals surface area contributed by atoms with Gasteiger partial charge >= 0.3 is 0 Å². The molecule has 0 saturated carbocycles. The number of nitrogens with one attached hydrogen (secondary N) is 1. The Kier molecular flexibility index (Phi) is 5.58. The molecule has 1 aliphatic rings. The molecule has 2 heterocycles. The highest BCUT2D eigenvalue weighted by Crippen LogP contribution is 2.27. The van der Waals surface area contributed by atoms with Crippen LogP contribution in [0.4, 0.5) is 0 Å². The predicted octanol–water partition coefficient (Wildman–Crippen LogP) is 2.38. The van der Waals surface area contributed by atoms with Gasteiger partial charge in [0.15, 0.2) is 5.96 Å². The van der Waals surface area contributed by atoms with Crippen molar-refractivity contribution in [1.82, 2.24) is 20.0 Å². The maximum Gasteiger partial charge on any atom is 0.194 e. The summed E-state index contributed by atoms with van der Waals surface area (Å²) in [6.45, 7) is 5.56. The van der Waals surface area contributed by atoms with Crippen LogP contribution in [-0.2, 0) is 13.6 Å². The summed E-state index contributed by atoms with van der Waals surface area (Å²) in [5.74, 6) is 2.38. The second-order valence-corrected chi connectivity index (χ2v) is 6.36. The second kappa shape index (κ2) is 8.05. The first-order valence-corrected chi connectivity index (χ1v) is 8.85. The molecule has 1 aromatic heterocycles. The van der Waals surface area contributed by atoms with Crippen molar-refractivity contribution in [1.29, 1.82) is 0 Å². The van der Waals surface area contributed by atoms with Gasteiger partial charge < -0.3 is 15.0 Å². The lowest BCUT2D eigenvalue weighted by Gasteiger charge is -2.21. The molecule has 134 valence electrons. The third kappa shape index (κ3) is 4.13. The van der Waals surface area contributed by atoms with E-state index in [0.717, 1.165) is 43.3 Å². The molecule has 3 rings (SSSR count). The highest BCUT2D eigenvalue weighted by molar-refractivity contribution is 5.80. The van der Waals surface area contributed by atoms with Crippen molar-refractivity contribution in [2.75, 3.05) is 26.7 Å². The lowest BCUT2D eigenvalue weighted by molar-refractivity contribution is 0.409. The minimum atomic E-state index is 0.517. The number of ether oxygens (including phenoxy) is 1. The van der Waals surface area contributed by atoms with E-state index in [1.54, 1.807) is 7.11 Å². The Bertz CT molecular complexity index is 724. The number of hydrogen-bond donors (Lipinski definition) is 1. The Morgan fingerprint density at radius 2 is 2.24 bits per heavy atom. The molecular weight excluding hydrogens is 314 g/mol. The van der Waals surface area contributed by atoms with E-state index in [1.807, 2.05) is 36.1 Å². The average molecular weight is 341 g/mol. The summed E-state index contributed by atoms with van der Waals surface area (Å²) in [4.78, 5) is 7.18. The fourth-order valence-corrected chi connectivity index (χ4v) is 3.30. The van der Waals surface area contributed by atoms with Crippen molar-refractivity contribution in [3.63, 3.8) is 0 Å². The van der Waals surface area contributed by atoms with Gasteiger partial charge in [0.1, 0.15) is 5.75 Å². The Morgan fingerprint density at radius 3 is 2.96 bits per heavy atom. The second-order valence-electron chi connectivity index (χ2n) is 6.36. The number of nitrogens with zero attached hydrogens (tertiary/aromatic N) is 4. The Labute approximate surface area is 149 Å². The molecule has 0 aliphatic carbocycles. The van der Waals surface area contributed by atoms with E-state index in [1.165, 1.54) is 5.56 Å². The van der Waals surface area contributed by atoms with Gasteiger partial charge in [-0.1, -0.05) is 18.2 Å². The largest absolute Gasteiger partial charge is 0.496 e. The maximum absolute atomic E-state index is 5.43. The molecule has 0 amide bonds. The van der Waals surface area contributed by atoms with E-state index in [9.17, 15) is 0 Å². The number of benzene rings is 1. The Hall–Kier alpha value is -2.50. The summed E-state index contributed by atoms with van der Waals surface area (Å²) in [5, 5.41) is 7.72. The van der Waals surface area contributed by atoms with Crippen molar-refractivity contribution >= 4 is 5.96 Å². The first kappa shape index (κ1) is 17.3. The quantitative estimate of drug-likeness (QED) is 0.670. The van der Waals surface area contributed by atoms with Crippen LogP contribution >= 0.6 is 0 Å². The van der Waals surface area contributed by atoms with E-state index in [4.69, 9.17) is 9.73 Å². The predicted molar refractivity (Wildman–Crippen MR) is 99.9 cm³/mol. The minimum absolute atomic E-state index is 0.517. The van der Waals surface area contributed by atoms with Crippen molar-refractivity contribution in [2.24, 2.45) is 12.0 Å². The highest BCUT2D eigenvalue weighted by atomic mass is 16.5. The molecule has 2 aromatic rings. The number of hydrogen-bond acceptors (Lipinski definition) is 3. The van der Waals surface area contributed by atoms with Gasteiger partial charge in [-0.05, 0) is 25.0 Å². The van der Waals surface area contributed by atoms with Crippen LogP contribution in [0.3, 0.4) is 0 Å². The number of aromatic nitrogens is 2.